The predicted octanol–water partition coefficient (Wildman–Crippen LogP) is 1.40. The standard InChI is InChI=1S/C15H21FN2O3S/c1-17(2)8-12-3-5-13(6-4-12)9-18-10-14(7-15(18)19)11-22(16,20)21/h3-6,14H,7-11H2,1-2H3. The summed E-state index contributed by atoms with van der Waals surface area (Å²) in [5.41, 5.74) is 2.17. The third-order valence-electron chi connectivity index (χ3n) is 3.62. The molecular weight excluding hydrogens is 307 g/mol. The first kappa shape index (κ1) is 16.9. The highest BCUT2D eigenvalue weighted by Gasteiger charge is 2.32. The highest BCUT2D eigenvalue weighted by Crippen LogP contribution is 2.22. The van der Waals surface area contributed by atoms with Gasteiger partial charge in [0.15, 0.2) is 0 Å². The molecule has 0 radical (unpaired) electrons. The molecule has 1 aliphatic heterocycles. The molecule has 0 spiro atoms. The van der Waals surface area contributed by atoms with Crippen LogP contribution in [0.3, 0.4) is 0 Å². The van der Waals surface area contributed by atoms with Gasteiger partial charge in [0.25, 0.3) is 0 Å². The van der Waals surface area contributed by atoms with Crippen molar-refractivity contribution in [2.24, 2.45) is 5.92 Å². The summed E-state index contributed by atoms with van der Waals surface area (Å²) in [6.07, 6.45) is 0.0991. The van der Waals surface area contributed by atoms with Gasteiger partial charge >= 0.3 is 10.2 Å². The molecular formula is C15H21FN2O3S. The Morgan fingerprint density at radius 1 is 1.23 bits per heavy atom. The van der Waals surface area contributed by atoms with Crippen molar-refractivity contribution in [3.8, 4) is 0 Å². The lowest BCUT2D eigenvalue weighted by atomic mass is 10.1. The zero-order valence-corrected chi connectivity index (χ0v) is 13.6. The maximum absolute atomic E-state index is 12.7. The zero-order valence-electron chi connectivity index (χ0n) is 12.8. The van der Waals surface area contributed by atoms with Gasteiger partial charge in [0.1, 0.15) is 0 Å². The third kappa shape index (κ3) is 5.06. The highest BCUT2D eigenvalue weighted by molar-refractivity contribution is 7.86. The van der Waals surface area contributed by atoms with Crippen LogP contribution in [0.4, 0.5) is 3.89 Å². The lowest BCUT2D eigenvalue weighted by Gasteiger charge is -2.17. The normalized spacial score (nSPS) is 19.2. The summed E-state index contributed by atoms with van der Waals surface area (Å²) in [5.74, 6) is -1.14. The Morgan fingerprint density at radius 2 is 1.82 bits per heavy atom. The molecule has 0 N–H and O–H groups in total. The summed E-state index contributed by atoms with van der Waals surface area (Å²) < 4.78 is 34.1. The van der Waals surface area contributed by atoms with Crippen molar-refractivity contribution in [3.63, 3.8) is 0 Å². The molecule has 22 heavy (non-hydrogen) atoms. The lowest BCUT2D eigenvalue weighted by molar-refractivity contribution is -0.128. The Bertz CT molecular complexity index is 629. The fourth-order valence-corrected chi connectivity index (χ4v) is 3.52. The molecule has 7 heteroatoms. The molecule has 5 nitrogen and oxygen atoms in total. The second kappa shape index (κ2) is 6.75. The molecule has 0 aromatic heterocycles. The molecule has 1 aromatic carbocycles. The van der Waals surface area contributed by atoms with Gasteiger partial charge in [-0.15, -0.1) is 3.89 Å². The van der Waals surface area contributed by atoms with Crippen molar-refractivity contribution >= 4 is 16.1 Å². The first-order chi connectivity index (χ1) is 10.2. The van der Waals surface area contributed by atoms with Gasteiger partial charge in [0.05, 0.1) is 5.75 Å². The monoisotopic (exact) mass is 328 g/mol. The van der Waals surface area contributed by atoms with Crippen LogP contribution in [-0.4, -0.2) is 50.5 Å². The van der Waals surface area contributed by atoms with E-state index in [4.69, 9.17) is 0 Å². The van der Waals surface area contributed by atoms with Gasteiger partial charge in [0, 0.05) is 32.0 Å². The summed E-state index contributed by atoms with van der Waals surface area (Å²) in [4.78, 5) is 15.6. The minimum atomic E-state index is -4.53. The van der Waals surface area contributed by atoms with E-state index >= 15 is 0 Å². The SMILES string of the molecule is CN(C)Cc1ccc(CN2CC(CS(=O)(=O)F)CC2=O)cc1. The van der Waals surface area contributed by atoms with Crippen molar-refractivity contribution in [1.29, 1.82) is 0 Å². The number of hydrogen-bond donors (Lipinski definition) is 0. The first-order valence-corrected chi connectivity index (χ1v) is 8.71. The number of hydrogen-bond acceptors (Lipinski definition) is 4. The average Bonchev–Trinajstić information content (AvgIpc) is 2.69. The predicted molar refractivity (Wildman–Crippen MR) is 82.3 cm³/mol. The maximum Gasteiger partial charge on any atom is 0.302 e. The summed E-state index contributed by atoms with van der Waals surface area (Å²) in [6, 6.07) is 7.95. The van der Waals surface area contributed by atoms with Gasteiger partial charge in [-0.3, -0.25) is 4.79 Å². The second-order valence-corrected chi connectivity index (χ2v) is 7.52. The van der Waals surface area contributed by atoms with Crippen LogP contribution in [-0.2, 0) is 28.1 Å². The Balaban J connectivity index is 1.94. The number of halogens is 1. The number of amides is 1. The summed E-state index contributed by atoms with van der Waals surface area (Å²) in [5, 5.41) is 0. The number of benzene rings is 1. The van der Waals surface area contributed by atoms with Gasteiger partial charge in [-0.05, 0) is 25.2 Å². The van der Waals surface area contributed by atoms with Crippen molar-refractivity contribution < 1.29 is 17.1 Å². The van der Waals surface area contributed by atoms with Crippen molar-refractivity contribution in [1.82, 2.24) is 9.80 Å². The van der Waals surface area contributed by atoms with E-state index in [1.54, 1.807) is 4.90 Å². The van der Waals surface area contributed by atoms with E-state index in [2.05, 4.69) is 4.90 Å². The molecule has 1 heterocycles. The smallest absolute Gasteiger partial charge is 0.302 e. The average molecular weight is 328 g/mol. The van der Waals surface area contributed by atoms with Crippen LogP contribution in [0.25, 0.3) is 0 Å². The molecule has 0 saturated carbocycles. The minimum Gasteiger partial charge on any atom is -0.338 e. The van der Waals surface area contributed by atoms with Gasteiger partial charge in [-0.25, -0.2) is 0 Å². The fourth-order valence-electron chi connectivity index (χ4n) is 2.74. The number of rotatable bonds is 6. The van der Waals surface area contributed by atoms with Crippen molar-refractivity contribution in [2.75, 3.05) is 26.4 Å². The van der Waals surface area contributed by atoms with Crippen LogP contribution < -0.4 is 0 Å². The lowest BCUT2D eigenvalue weighted by Crippen LogP contribution is -2.25. The molecule has 1 unspecified atom stereocenters. The Morgan fingerprint density at radius 3 is 2.36 bits per heavy atom. The molecule has 0 aliphatic carbocycles. The van der Waals surface area contributed by atoms with E-state index in [1.807, 2.05) is 38.4 Å². The van der Waals surface area contributed by atoms with Gasteiger partial charge in [-0.2, -0.15) is 8.42 Å². The van der Waals surface area contributed by atoms with E-state index in [-0.39, 0.29) is 12.3 Å². The Kier molecular flexibility index (Phi) is 5.18. The molecule has 122 valence electrons. The van der Waals surface area contributed by atoms with Crippen molar-refractivity contribution in [3.05, 3.63) is 35.4 Å². The summed E-state index contributed by atoms with van der Waals surface area (Å²) in [6.45, 7) is 1.57. The number of carbonyl (C=O) groups is 1. The third-order valence-corrected chi connectivity index (χ3v) is 4.49. The molecule has 2 rings (SSSR count). The topological polar surface area (TPSA) is 57.7 Å². The Hall–Kier alpha value is -1.47. The van der Waals surface area contributed by atoms with Gasteiger partial charge < -0.3 is 9.80 Å². The van der Waals surface area contributed by atoms with Crippen molar-refractivity contribution in [2.45, 2.75) is 19.5 Å². The summed E-state index contributed by atoms with van der Waals surface area (Å²) >= 11 is 0. The van der Waals surface area contributed by atoms with E-state index in [0.717, 1.165) is 12.1 Å². The van der Waals surface area contributed by atoms with E-state index < -0.39 is 21.9 Å². The van der Waals surface area contributed by atoms with E-state index in [0.29, 0.717) is 13.1 Å². The number of likely N-dealkylation sites (tertiary alicyclic amines) is 1. The highest BCUT2D eigenvalue weighted by atomic mass is 32.3. The van der Waals surface area contributed by atoms with Gasteiger partial charge in [-0.1, -0.05) is 24.3 Å². The molecule has 1 fully saturated rings. The molecule has 0 bridgehead atoms. The van der Waals surface area contributed by atoms with Crippen LogP contribution in [0.15, 0.2) is 24.3 Å². The molecule has 1 amide bonds. The van der Waals surface area contributed by atoms with Crippen LogP contribution in [0, 0.1) is 5.92 Å². The minimum absolute atomic E-state index is 0.0991. The molecule has 1 aromatic rings. The van der Waals surface area contributed by atoms with E-state index in [9.17, 15) is 17.1 Å². The molecule has 1 saturated heterocycles. The largest absolute Gasteiger partial charge is 0.338 e. The number of carbonyl (C=O) groups excluding carboxylic acids is 1. The quantitative estimate of drug-likeness (QED) is 0.741. The van der Waals surface area contributed by atoms with E-state index in [1.165, 1.54) is 5.56 Å². The van der Waals surface area contributed by atoms with Crippen LogP contribution in [0.1, 0.15) is 17.5 Å². The van der Waals surface area contributed by atoms with Crippen LogP contribution in [0.2, 0.25) is 0 Å². The molecule has 1 atom stereocenters. The zero-order chi connectivity index (χ0) is 16.3. The first-order valence-electron chi connectivity index (χ1n) is 7.15. The van der Waals surface area contributed by atoms with Crippen LogP contribution in [0.5, 0.6) is 0 Å². The molecule has 1 aliphatic rings. The second-order valence-electron chi connectivity index (χ2n) is 6.10. The maximum atomic E-state index is 12.7. The number of nitrogens with zero attached hydrogens (tertiary/aromatic N) is 2. The summed E-state index contributed by atoms with van der Waals surface area (Å²) in [7, 11) is -0.536. The fraction of sp³-hybridized carbons (Fsp3) is 0.533. The van der Waals surface area contributed by atoms with Gasteiger partial charge in [0.2, 0.25) is 5.91 Å². The Labute approximate surface area is 130 Å². The van der Waals surface area contributed by atoms with Crippen LogP contribution >= 0.6 is 0 Å².